The standard InChI is InChI=1S/C7H10S.2C6H8S.2C2H6.Mg.2H/c1-5-4-6(2)8-7(5)3;2*1-5-3-4-6(2)7-5;2*1-2;;;/h4H,1-3H3;2*3-4H,1-2H3;2*1-2H3;;;/q;;;;;+2;2*-1. The van der Waals surface area contributed by atoms with E-state index in [2.05, 4.69) is 78.8 Å². The molecule has 3 heterocycles. The molecule has 0 nitrogen and oxygen atoms in total. The minimum atomic E-state index is 0. The molecule has 152 valence electrons. The molecule has 4 heteroatoms. The molecular weight excluding hydrogens is 397 g/mol. The Balaban J connectivity index is -0.0000000873. The van der Waals surface area contributed by atoms with Crippen LogP contribution in [-0.2, 0) is 0 Å². The van der Waals surface area contributed by atoms with Gasteiger partial charge in [0.15, 0.2) is 0 Å². The molecule has 0 N–H and O–H groups in total. The van der Waals surface area contributed by atoms with Crippen molar-refractivity contribution in [3.05, 3.63) is 65.2 Å². The van der Waals surface area contributed by atoms with Crippen molar-refractivity contribution in [2.24, 2.45) is 0 Å². The predicted molar refractivity (Wildman–Crippen MR) is 137 cm³/mol. The first-order chi connectivity index (χ1) is 12.3. The van der Waals surface area contributed by atoms with Crippen molar-refractivity contribution in [1.82, 2.24) is 0 Å². The first-order valence-corrected chi connectivity index (χ1v) is 11.8. The molecule has 0 aliphatic carbocycles. The summed E-state index contributed by atoms with van der Waals surface area (Å²) < 4.78 is 0. The summed E-state index contributed by atoms with van der Waals surface area (Å²) in [5.41, 5.74) is 1.42. The van der Waals surface area contributed by atoms with Gasteiger partial charge in [-0.25, -0.2) is 0 Å². The second kappa shape index (κ2) is 19.2. The maximum atomic E-state index is 2.22. The first kappa shape index (κ1) is 31.6. The minimum Gasteiger partial charge on any atom is -1.00 e. The number of rotatable bonds is 0. The van der Waals surface area contributed by atoms with Crippen molar-refractivity contribution < 1.29 is 2.85 Å². The van der Waals surface area contributed by atoms with Gasteiger partial charge in [0.25, 0.3) is 0 Å². The van der Waals surface area contributed by atoms with Crippen molar-refractivity contribution in [1.29, 1.82) is 0 Å². The molecule has 0 spiro atoms. The molecule has 0 bridgehead atoms. The van der Waals surface area contributed by atoms with Crippen LogP contribution in [0.25, 0.3) is 0 Å². The maximum absolute atomic E-state index is 2.22. The van der Waals surface area contributed by atoms with Crippen LogP contribution in [-0.4, -0.2) is 23.1 Å². The molecule has 0 aromatic carbocycles. The normalized spacial score (nSPS) is 8.26. The zero-order valence-corrected chi connectivity index (χ0v) is 23.2. The van der Waals surface area contributed by atoms with Crippen LogP contribution in [0.3, 0.4) is 0 Å². The predicted octanol–water partition coefficient (Wildman–Crippen LogP) is 9.30. The van der Waals surface area contributed by atoms with Crippen molar-refractivity contribution in [3.63, 3.8) is 0 Å². The van der Waals surface area contributed by atoms with Crippen LogP contribution in [0.15, 0.2) is 30.3 Å². The average Bonchev–Trinajstić information content (AvgIpc) is 3.26. The van der Waals surface area contributed by atoms with Gasteiger partial charge in [-0.3, -0.25) is 0 Å². The maximum Gasteiger partial charge on any atom is 2.00 e. The molecule has 0 unspecified atom stereocenters. The summed E-state index contributed by atoms with van der Waals surface area (Å²) >= 11 is 5.55. The quantitative estimate of drug-likeness (QED) is 0.308. The third kappa shape index (κ3) is 16.5. The van der Waals surface area contributed by atoms with E-state index >= 15 is 0 Å². The fourth-order valence-corrected chi connectivity index (χ4v) is 4.37. The van der Waals surface area contributed by atoms with E-state index in [1.54, 1.807) is 0 Å². The van der Waals surface area contributed by atoms with E-state index < -0.39 is 0 Å². The second-order valence-corrected chi connectivity index (χ2v) is 9.85. The van der Waals surface area contributed by atoms with Gasteiger partial charge in [0.05, 0.1) is 0 Å². The summed E-state index contributed by atoms with van der Waals surface area (Å²) in [5.74, 6) is 0. The number of thiophene rings is 3. The summed E-state index contributed by atoms with van der Waals surface area (Å²) in [4.78, 5) is 8.47. The molecule has 0 amide bonds. The van der Waals surface area contributed by atoms with Gasteiger partial charge in [-0.1, -0.05) is 27.7 Å². The number of aryl methyl sites for hydroxylation is 7. The molecular formula is C23H40MgS3. The zero-order chi connectivity index (χ0) is 20.7. The number of hydrogen-bond acceptors (Lipinski definition) is 3. The van der Waals surface area contributed by atoms with E-state index in [1.807, 2.05) is 61.7 Å². The van der Waals surface area contributed by atoms with Gasteiger partial charge in [-0.05, 0) is 84.4 Å². The summed E-state index contributed by atoms with van der Waals surface area (Å²) in [7, 11) is 0. The fraction of sp³-hybridized carbons (Fsp3) is 0.478. The minimum absolute atomic E-state index is 0. The monoisotopic (exact) mass is 436 g/mol. The third-order valence-electron chi connectivity index (χ3n) is 3.04. The molecule has 3 aromatic rings. The van der Waals surface area contributed by atoms with Crippen LogP contribution in [0.1, 0.15) is 65.4 Å². The van der Waals surface area contributed by atoms with Crippen LogP contribution >= 0.6 is 34.0 Å². The van der Waals surface area contributed by atoms with Gasteiger partial charge < -0.3 is 2.85 Å². The molecule has 0 saturated heterocycles. The van der Waals surface area contributed by atoms with Crippen molar-refractivity contribution in [3.8, 4) is 0 Å². The molecule has 3 rings (SSSR count). The molecule has 0 fully saturated rings. The van der Waals surface area contributed by atoms with Gasteiger partial charge in [0, 0.05) is 29.3 Å². The van der Waals surface area contributed by atoms with Gasteiger partial charge in [-0.2, -0.15) is 0 Å². The Morgan fingerprint density at radius 1 is 0.519 bits per heavy atom. The van der Waals surface area contributed by atoms with Crippen LogP contribution in [0.2, 0.25) is 0 Å². The molecule has 0 atom stereocenters. The SMILES string of the molecule is CC.CC.Cc1cc(C)c(C)s1.Cc1ccc(C)s1.Cc1ccc(C)s1.[H-].[H-].[Mg+2]. The molecule has 0 aliphatic rings. The molecule has 0 saturated carbocycles. The Morgan fingerprint density at radius 3 is 0.889 bits per heavy atom. The van der Waals surface area contributed by atoms with Crippen molar-refractivity contribution >= 4 is 57.1 Å². The zero-order valence-electron chi connectivity index (χ0n) is 21.3. The molecule has 0 radical (unpaired) electrons. The van der Waals surface area contributed by atoms with Gasteiger partial charge in [-0.15, -0.1) is 34.0 Å². The van der Waals surface area contributed by atoms with E-state index in [-0.39, 0.29) is 25.9 Å². The van der Waals surface area contributed by atoms with E-state index in [1.165, 1.54) is 34.8 Å². The summed E-state index contributed by atoms with van der Waals surface area (Å²) in [6, 6.07) is 10.8. The van der Waals surface area contributed by atoms with E-state index in [0.29, 0.717) is 0 Å². The van der Waals surface area contributed by atoms with Gasteiger partial charge in [0.2, 0.25) is 0 Å². The summed E-state index contributed by atoms with van der Waals surface area (Å²) in [6.45, 7) is 22.9. The first-order valence-electron chi connectivity index (χ1n) is 9.37. The molecule has 3 aromatic heterocycles. The molecule has 27 heavy (non-hydrogen) atoms. The van der Waals surface area contributed by atoms with Crippen molar-refractivity contribution in [2.45, 2.75) is 76.2 Å². The Kier molecular flexibility index (Phi) is 22.4. The number of hydrogen-bond donors (Lipinski definition) is 0. The summed E-state index contributed by atoms with van der Waals surface area (Å²) in [6.07, 6.45) is 0. The van der Waals surface area contributed by atoms with Gasteiger partial charge in [0.1, 0.15) is 0 Å². The topological polar surface area (TPSA) is 0 Å². The second-order valence-electron chi connectivity index (χ2n) is 5.41. The Morgan fingerprint density at radius 2 is 0.815 bits per heavy atom. The van der Waals surface area contributed by atoms with Crippen LogP contribution < -0.4 is 0 Å². The van der Waals surface area contributed by atoms with Crippen LogP contribution in [0, 0.1) is 48.5 Å². The van der Waals surface area contributed by atoms with E-state index in [0.717, 1.165) is 0 Å². The summed E-state index contributed by atoms with van der Waals surface area (Å²) in [5, 5.41) is 0. The third-order valence-corrected chi connectivity index (χ3v) is 5.94. The Bertz CT molecular complexity index is 610. The Hall–Kier alpha value is -0.134. The van der Waals surface area contributed by atoms with Crippen molar-refractivity contribution in [2.75, 3.05) is 0 Å². The average molecular weight is 437 g/mol. The van der Waals surface area contributed by atoms with Crippen LogP contribution in [0.4, 0.5) is 0 Å². The van der Waals surface area contributed by atoms with E-state index in [4.69, 9.17) is 0 Å². The largest absolute Gasteiger partial charge is 2.00 e. The molecule has 0 aliphatic heterocycles. The Labute approximate surface area is 200 Å². The van der Waals surface area contributed by atoms with Gasteiger partial charge >= 0.3 is 23.1 Å². The fourth-order valence-electron chi connectivity index (χ4n) is 1.87. The van der Waals surface area contributed by atoms with Crippen LogP contribution in [0.5, 0.6) is 0 Å². The smallest absolute Gasteiger partial charge is 1.00 e. The van der Waals surface area contributed by atoms with E-state index in [9.17, 15) is 0 Å².